The van der Waals surface area contributed by atoms with Crippen molar-refractivity contribution in [1.82, 2.24) is 0 Å². The van der Waals surface area contributed by atoms with Crippen molar-refractivity contribution in [3.8, 4) is 0 Å². The Balaban J connectivity index is 2.03. The Morgan fingerprint density at radius 1 is 1.40 bits per heavy atom. The highest BCUT2D eigenvalue weighted by Crippen LogP contribution is 2.41. The summed E-state index contributed by atoms with van der Waals surface area (Å²) < 4.78 is 10.1. The van der Waals surface area contributed by atoms with Crippen molar-refractivity contribution in [2.75, 3.05) is 13.9 Å². The topological polar surface area (TPSA) is 18.5 Å². The van der Waals surface area contributed by atoms with Gasteiger partial charge in [0.1, 0.15) is 6.79 Å². The predicted octanol–water partition coefficient (Wildman–Crippen LogP) is 1.80. The van der Waals surface area contributed by atoms with E-state index in [9.17, 15) is 0 Å². The van der Waals surface area contributed by atoms with Crippen LogP contribution in [-0.2, 0) is 9.47 Å². The van der Waals surface area contributed by atoms with Crippen LogP contribution in [0.15, 0.2) is 0 Å². The molecule has 0 heterocycles. The van der Waals surface area contributed by atoms with Gasteiger partial charge in [0.05, 0.1) is 6.10 Å². The fourth-order valence-electron chi connectivity index (χ4n) is 1.45. The van der Waals surface area contributed by atoms with E-state index in [0.717, 1.165) is 0 Å². The molecular formula is C8H16O2. The molecule has 1 aliphatic carbocycles. The highest BCUT2D eigenvalue weighted by atomic mass is 16.7. The first-order valence-electron chi connectivity index (χ1n) is 3.74. The van der Waals surface area contributed by atoms with Crippen molar-refractivity contribution in [2.24, 2.45) is 5.41 Å². The second-order valence-corrected chi connectivity index (χ2v) is 3.77. The Morgan fingerprint density at radius 2 is 2.00 bits per heavy atom. The van der Waals surface area contributed by atoms with Crippen molar-refractivity contribution in [3.05, 3.63) is 0 Å². The zero-order chi connectivity index (χ0) is 7.61. The maximum Gasteiger partial charge on any atom is 0.146 e. The molecule has 0 aromatic rings. The zero-order valence-corrected chi connectivity index (χ0v) is 7.02. The molecule has 10 heavy (non-hydrogen) atoms. The Kier molecular flexibility index (Phi) is 2.32. The molecule has 1 aliphatic rings. The average Bonchev–Trinajstić information content (AvgIpc) is 1.78. The van der Waals surface area contributed by atoms with Crippen LogP contribution in [0.3, 0.4) is 0 Å². The molecule has 0 spiro atoms. The highest BCUT2D eigenvalue weighted by Gasteiger charge is 2.36. The van der Waals surface area contributed by atoms with E-state index in [0.29, 0.717) is 18.3 Å². The lowest BCUT2D eigenvalue weighted by molar-refractivity contribution is -0.132. The Labute approximate surface area is 62.5 Å². The smallest absolute Gasteiger partial charge is 0.146 e. The Hall–Kier alpha value is -0.0800. The summed E-state index contributed by atoms with van der Waals surface area (Å²) in [5.41, 5.74) is 0.512. The summed E-state index contributed by atoms with van der Waals surface area (Å²) in [6, 6.07) is 0. The van der Waals surface area contributed by atoms with Gasteiger partial charge in [0.25, 0.3) is 0 Å². The van der Waals surface area contributed by atoms with Gasteiger partial charge in [0.15, 0.2) is 0 Å². The molecule has 2 heteroatoms. The van der Waals surface area contributed by atoms with Gasteiger partial charge in [-0.05, 0) is 18.3 Å². The largest absolute Gasteiger partial charge is 0.359 e. The molecule has 0 aromatic carbocycles. The molecule has 0 aromatic heterocycles. The van der Waals surface area contributed by atoms with Gasteiger partial charge in [-0.1, -0.05) is 13.8 Å². The van der Waals surface area contributed by atoms with Gasteiger partial charge in [-0.25, -0.2) is 0 Å². The van der Waals surface area contributed by atoms with Gasteiger partial charge in [-0.2, -0.15) is 0 Å². The monoisotopic (exact) mass is 144 g/mol. The summed E-state index contributed by atoms with van der Waals surface area (Å²) in [6.45, 7) is 4.97. The lowest BCUT2D eigenvalue weighted by Gasteiger charge is -2.41. The molecule has 2 nitrogen and oxygen atoms in total. The van der Waals surface area contributed by atoms with Crippen molar-refractivity contribution in [3.63, 3.8) is 0 Å². The molecule has 1 saturated carbocycles. The second-order valence-electron chi connectivity index (χ2n) is 3.77. The first-order chi connectivity index (χ1) is 4.64. The van der Waals surface area contributed by atoms with Gasteiger partial charge in [0.2, 0.25) is 0 Å². The zero-order valence-electron chi connectivity index (χ0n) is 7.02. The molecule has 0 amide bonds. The third kappa shape index (κ3) is 1.96. The van der Waals surface area contributed by atoms with Crippen LogP contribution in [0, 0.1) is 5.41 Å². The summed E-state index contributed by atoms with van der Waals surface area (Å²) in [4.78, 5) is 0. The quantitative estimate of drug-likeness (QED) is 0.562. The molecule has 0 atom stereocenters. The molecule has 0 saturated heterocycles. The molecule has 60 valence electrons. The van der Waals surface area contributed by atoms with Crippen LogP contribution in [0.4, 0.5) is 0 Å². The van der Waals surface area contributed by atoms with Crippen molar-refractivity contribution >= 4 is 0 Å². The third-order valence-electron chi connectivity index (χ3n) is 1.98. The molecule has 1 fully saturated rings. The summed E-state index contributed by atoms with van der Waals surface area (Å²) in [5.74, 6) is 0. The van der Waals surface area contributed by atoms with Gasteiger partial charge in [0, 0.05) is 7.11 Å². The molecule has 0 aliphatic heterocycles. The van der Waals surface area contributed by atoms with Gasteiger partial charge in [-0.15, -0.1) is 0 Å². The summed E-state index contributed by atoms with van der Waals surface area (Å²) >= 11 is 0. The Morgan fingerprint density at radius 3 is 2.40 bits per heavy atom. The fraction of sp³-hybridized carbons (Fsp3) is 1.00. The van der Waals surface area contributed by atoms with E-state index in [1.54, 1.807) is 7.11 Å². The first kappa shape index (κ1) is 8.02. The molecule has 0 unspecified atom stereocenters. The molecule has 1 rings (SSSR count). The van der Waals surface area contributed by atoms with E-state index in [1.165, 1.54) is 12.8 Å². The van der Waals surface area contributed by atoms with E-state index >= 15 is 0 Å². The number of rotatable bonds is 3. The maximum atomic E-state index is 5.34. The lowest BCUT2D eigenvalue weighted by Crippen LogP contribution is -2.38. The first-order valence-corrected chi connectivity index (χ1v) is 3.74. The minimum atomic E-state index is 0.445. The van der Waals surface area contributed by atoms with Crippen LogP contribution >= 0.6 is 0 Å². The molecule has 0 radical (unpaired) electrons. The number of hydrogen-bond donors (Lipinski definition) is 0. The van der Waals surface area contributed by atoms with Crippen LogP contribution in [0.2, 0.25) is 0 Å². The summed E-state index contributed by atoms with van der Waals surface area (Å²) in [6.07, 6.45) is 2.81. The minimum Gasteiger partial charge on any atom is -0.359 e. The van der Waals surface area contributed by atoms with Crippen LogP contribution < -0.4 is 0 Å². The number of ether oxygens (including phenoxy) is 2. The van der Waals surface area contributed by atoms with Gasteiger partial charge >= 0.3 is 0 Å². The van der Waals surface area contributed by atoms with Crippen LogP contribution in [-0.4, -0.2) is 20.0 Å². The van der Waals surface area contributed by atoms with E-state index in [1.807, 2.05) is 0 Å². The number of hydrogen-bond acceptors (Lipinski definition) is 2. The van der Waals surface area contributed by atoms with Crippen molar-refractivity contribution < 1.29 is 9.47 Å². The number of methoxy groups -OCH3 is 1. The minimum absolute atomic E-state index is 0.445. The molecular weight excluding hydrogens is 128 g/mol. The SMILES string of the molecule is COCOC1CC(C)(C)C1. The normalized spacial score (nSPS) is 24.3. The van der Waals surface area contributed by atoms with Crippen LogP contribution in [0.5, 0.6) is 0 Å². The fourth-order valence-corrected chi connectivity index (χ4v) is 1.45. The summed E-state index contributed by atoms with van der Waals surface area (Å²) in [7, 11) is 1.66. The maximum absolute atomic E-state index is 5.34. The summed E-state index contributed by atoms with van der Waals surface area (Å²) in [5, 5.41) is 0. The van der Waals surface area contributed by atoms with Gasteiger partial charge in [-0.3, -0.25) is 0 Å². The third-order valence-corrected chi connectivity index (χ3v) is 1.98. The standard InChI is InChI=1S/C8H16O2/c1-8(2)4-7(5-8)10-6-9-3/h7H,4-6H2,1-3H3. The second kappa shape index (κ2) is 2.89. The van der Waals surface area contributed by atoms with Crippen molar-refractivity contribution in [2.45, 2.75) is 32.8 Å². The van der Waals surface area contributed by atoms with E-state index < -0.39 is 0 Å². The Bertz CT molecular complexity index is 102. The van der Waals surface area contributed by atoms with Crippen molar-refractivity contribution in [1.29, 1.82) is 0 Å². The predicted molar refractivity (Wildman–Crippen MR) is 39.8 cm³/mol. The van der Waals surface area contributed by atoms with Gasteiger partial charge < -0.3 is 9.47 Å². The lowest BCUT2D eigenvalue weighted by atomic mass is 9.70. The highest BCUT2D eigenvalue weighted by molar-refractivity contribution is 4.87. The van der Waals surface area contributed by atoms with Crippen LogP contribution in [0.1, 0.15) is 26.7 Å². The van der Waals surface area contributed by atoms with E-state index in [4.69, 9.17) is 9.47 Å². The van der Waals surface area contributed by atoms with E-state index in [2.05, 4.69) is 13.8 Å². The molecule has 0 N–H and O–H groups in total. The van der Waals surface area contributed by atoms with E-state index in [-0.39, 0.29) is 0 Å². The average molecular weight is 144 g/mol. The van der Waals surface area contributed by atoms with Crippen LogP contribution in [0.25, 0.3) is 0 Å². The molecule has 0 bridgehead atoms.